The zero-order chi connectivity index (χ0) is 21.4. The molecule has 2 amide bonds. The van der Waals surface area contributed by atoms with Crippen LogP contribution in [0, 0.1) is 11.7 Å². The number of primary amides is 1. The van der Waals surface area contributed by atoms with Crippen molar-refractivity contribution < 1.29 is 23.5 Å². The molecule has 1 aromatic carbocycles. The molecule has 1 saturated carbocycles. The van der Waals surface area contributed by atoms with E-state index >= 15 is 0 Å². The fourth-order valence-electron chi connectivity index (χ4n) is 4.94. The van der Waals surface area contributed by atoms with Gasteiger partial charge in [-0.3, -0.25) is 14.6 Å². The molecule has 9 heteroatoms. The second-order valence-electron chi connectivity index (χ2n) is 8.09. The Kier molecular flexibility index (Phi) is 5.44. The Morgan fingerprint density at radius 2 is 1.83 bits per heavy atom. The van der Waals surface area contributed by atoms with E-state index in [0.29, 0.717) is 12.1 Å². The predicted molar refractivity (Wildman–Crippen MR) is 107 cm³/mol. The summed E-state index contributed by atoms with van der Waals surface area (Å²) < 4.78 is 18.2. The van der Waals surface area contributed by atoms with Crippen LogP contribution in [0.3, 0.4) is 0 Å². The van der Waals surface area contributed by atoms with Gasteiger partial charge in [0.05, 0.1) is 12.8 Å². The Bertz CT molecular complexity index is 887. The fourth-order valence-corrected chi connectivity index (χ4v) is 4.94. The number of esters is 1. The van der Waals surface area contributed by atoms with Crippen LogP contribution in [0.4, 0.5) is 10.1 Å². The quantitative estimate of drug-likeness (QED) is 0.751. The highest BCUT2D eigenvalue weighted by molar-refractivity contribution is 6.40. The van der Waals surface area contributed by atoms with Crippen molar-refractivity contribution in [3.8, 4) is 0 Å². The zero-order valence-corrected chi connectivity index (χ0v) is 16.8. The molecule has 2 aliphatic heterocycles. The Hall–Kier alpha value is -2.97. The van der Waals surface area contributed by atoms with Gasteiger partial charge in [0.25, 0.3) is 5.91 Å². The molecule has 2 heterocycles. The molecule has 160 valence electrons. The van der Waals surface area contributed by atoms with Gasteiger partial charge in [0.1, 0.15) is 23.6 Å². The molecule has 1 aromatic rings. The third-order valence-corrected chi connectivity index (χ3v) is 6.37. The smallest absolute Gasteiger partial charge is 0.328 e. The number of likely N-dealkylation sites (tertiary alicyclic amines) is 1. The molecular weight excluding hydrogens is 391 g/mol. The maximum Gasteiger partial charge on any atom is 0.328 e. The van der Waals surface area contributed by atoms with E-state index in [1.165, 1.54) is 36.4 Å². The van der Waals surface area contributed by atoms with Gasteiger partial charge in [0.2, 0.25) is 5.91 Å². The summed E-state index contributed by atoms with van der Waals surface area (Å²) in [6, 6.07) is 3.93. The van der Waals surface area contributed by atoms with E-state index in [9.17, 15) is 18.8 Å². The Balaban J connectivity index is 1.65. The predicted octanol–water partition coefficient (Wildman–Crippen LogP) is 1.58. The third-order valence-electron chi connectivity index (χ3n) is 6.37. The molecule has 0 bridgehead atoms. The number of ether oxygens (including phenoxy) is 1. The first-order valence-corrected chi connectivity index (χ1v) is 10.2. The van der Waals surface area contributed by atoms with Crippen molar-refractivity contribution in [3.63, 3.8) is 0 Å². The van der Waals surface area contributed by atoms with Gasteiger partial charge in [0, 0.05) is 12.5 Å². The van der Waals surface area contributed by atoms with Crippen LogP contribution in [-0.2, 0) is 19.1 Å². The van der Waals surface area contributed by atoms with Crippen LogP contribution in [0.5, 0.6) is 0 Å². The Morgan fingerprint density at radius 3 is 2.50 bits per heavy atom. The Morgan fingerprint density at radius 1 is 1.13 bits per heavy atom. The number of nitrogens with two attached hydrogens (primary N) is 1. The van der Waals surface area contributed by atoms with Gasteiger partial charge in [0.15, 0.2) is 0 Å². The number of carbonyl (C=O) groups is 3. The normalized spacial score (nSPS) is 28.1. The minimum atomic E-state index is -0.851. The number of fused-ring (bicyclic) bond motifs is 1. The van der Waals surface area contributed by atoms with Crippen molar-refractivity contribution in [2.45, 2.75) is 56.7 Å². The zero-order valence-electron chi connectivity index (χ0n) is 16.8. The number of benzene rings is 1. The topological polar surface area (TPSA) is 105 Å². The second kappa shape index (κ2) is 8.04. The number of hydrogen-bond acceptors (Lipinski definition) is 6. The van der Waals surface area contributed by atoms with Crippen LogP contribution < -0.4 is 10.7 Å². The number of hydrazone groups is 1. The third kappa shape index (κ3) is 3.53. The van der Waals surface area contributed by atoms with Crippen molar-refractivity contribution in [1.82, 2.24) is 4.90 Å². The first-order valence-electron chi connectivity index (χ1n) is 10.2. The molecule has 4 rings (SSSR count). The molecule has 4 unspecified atom stereocenters. The lowest BCUT2D eigenvalue weighted by molar-refractivity contribution is -0.150. The van der Waals surface area contributed by atoms with Crippen LogP contribution in [0.2, 0.25) is 0 Å². The van der Waals surface area contributed by atoms with Crippen LogP contribution in [0.15, 0.2) is 29.4 Å². The number of hydrogen-bond donors (Lipinski definition) is 1. The molecule has 2 N–H and O–H groups in total. The van der Waals surface area contributed by atoms with Crippen molar-refractivity contribution >= 4 is 29.2 Å². The summed E-state index contributed by atoms with van der Waals surface area (Å²) in [6.07, 6.45) is 4.50. The first-order chi connectivity index (χ1) is 14.4. The molecule has 8 nitrogen and oxygen atoms in total. The number of amides is 2. The van der Waals surface area contributed by atoms with E-state index in [1.54, 1.807) is 4.90 Å². The summed E-state index contributed by atoms with van der Waals surface area (Å²) in [4.78, 5) is 39.5. The number of nitrogens with zero attached hydrogens (tertiary/aromatic N) is 3. The second-order valence-corrected chi connectivity index (χ2v) is 8.09. The number of methoxy groups -OCH3 is 1. The molecule has 30 heavy (non-hydrogen) atoms. The minimum Gasteiger partial charge on any atom is -0.467 e. The van der Waals surface area contributed by atoms with E-state index in [2.05, 4.69) is 5.10 Å². The highest BCUT2D eigenvalue weighted by Crippen LogP contribution is 2.40. The summed E-state index contributed by atoms with van der Waals surface area (Å²) in [5, 5.41) is 5.73. The lowest BCUT2D eigenvalue weighted by atomic mass is 9.84. The summed E-state index contributed by atoms with van der Waals surface area (Å²) in [6.45, 7) is 0. The molecule has 1 saturated heterocycles. The van der Waals surface area contributed by atoms with Gasteiger partial charge < -0.3 is 15.4 Å². The highest BCUT2D eigenvalue weighted by Gasteiger charge is 2.50. The standard InChI is InChI=1S/C21H25FN4O4/c1-30-21(29)18-10-12-4-2-3-5-16(12)25(18)20(28)15-11-17(19(23)27)26(24-15)14-8-6-13(22)7-9-14/h6-9,12,16-18H,2-5,10-11H2,1H3,(H2,23,27). The number of carbonyl (C=O) groups excluding carboxylic acids is 3. The van der Waals surface area contributed by atoms with Crippen LogP contribution in [-0.4, -0.2) is 53.6 Å². The summed E-state index contributed by atoms with van der Waals surface area (Å²) in [5.74, 6) is -1.59. The molecule has 2 fully saturated rings. The van der Waals surface area contributed by atoms with Crippen LogP contribution >= 0.6 is 0 Å². The fraction of sp³-hybridized carbons (Fsp3) is 0.524. The molecule has 4 atom stereocenters. The monoisotopic (exact) mass is 416 g/mol. The lowest BCUT2D eigenvalue weighted by Crippen LogP contribution is -2.49. The average molecular weight is 416 g/mol. The number of rotatable bonds is 4. The average Bonchev–Trinajstić information content (AvgIpc) is 3.36. The lowest BCUT2D eigenvalue weighted by Gasteiger charge is -2.33. The maximum atomic E-state index is 13.5. The summed E-state index contributed by atoms with van der Waals surface area (Å²) >= 11 is 0. The van der Waals surface area contributed by atoms with E-state index in [4.69, 9.17) is 10.5 Å². The minimum absolute atomic E-state index is 0.0350. The highest BCUT2D eigenvalue weighted by atomic mass is 19.1. The van der Waals surface area contributed by atoms with Gasteiger partial charge in [-0.25, -0.2) is 9.18 Å². The molecule has 1 aliphatic carbocycles. The largest absolute Gasteiger partial charge is 0.467 e. The van der Waals surface area contributed by atoms with Crippen molar-refractivity contribution in [3.05, 3.63) is 30.1 Å². The van der Waals surface area contributed by atoms with Crippen LogP contribution in [0.25, 0.3) is 0 Å². The van der Waals surface area contributed by atoms with Crippen molar-refractivity contribution in [1.29, 1.82) is 0 Å². The van der Waals surface area contributed by atoms with E-state index in [0.717, 1.165) is 25.7 Å². The van der Waals surface area contributed by atoms with E-state index < -0.39 is 29.8 Å². The molecular formula is C21H25FN4O4. The molecule has 0 radical (unpaired) electrons. The van der Waals surface area contributed by atoms with Gasteiger partial charge in [-0.2, -0.15) is 5.10 Å². The number of halogens is 1. The molecule has 0 spiro atoms. The summed E-state index contributed by atoms with van der Waals surface area (Å²) in [5.41, 5.74) is 6.18. The van der Waals surface area contributed by atoms with E-state index in [-0.39, 0.29) is 30.0 Å². The van der Waals surface area contributed by atoms with E-state index in [1.807, 2.05) is 0 Å². The van der Waals surface area contributed by atoms with Gasteiger partial charge >= 0.3 is 5.97 Å². The van der Waals surface area contributed by atoms with Crippen molar-refractivity contribution in [2.75, 3.05) is 12.1 Å². The van der Waals surface area contributed by atoms with Gasteiger partial charge in [-0.1, -0.05) is 12.8 Å². The summed E-state index contributed by atoms with van der Waals surface area (Å²) in [7, 11) is 1.32. The maximum absolute atomic E-state index is 13.5. The molecule has 0 aromatic heterocycles. The number of anilines is 1. The molecule has 3 aliphatic rings. The Labute approximate surface area is 173 Å². The SMILES string of the molecule is COC(=O)C1CC2CCCCC2N1C(=O)C1=NN(c2ccc(F)cc2)C(C(N)=O)C1. The van der Waals surface area contributed by atoms with Gasteiger partial charge in [-0.15, -0.1) is 0 Å². The van der Waals surface area contributed by atoms with Gasteiger partial charge in [-0.05, 0) is 49.4 Å². The van der Waals surface area contributed by atoms with Crippen LogP contribution in [0.1, 0.15) is 38.5 Å². The van der Waals surface area contributed by atoms with Crippen molar-refractivity contribution in [2.24, 2.45) is 16.8 Å². The first kappa shape index (κ1) is 20.3.